The summed E-state index contributed by atoms with van der Waals surface area (Å²) in [4.78, 5) is 23.0. The van der Waals surface area contributed by atoms with E-state index in [1.807, 2.05) is 31.2 Å². The standard InChI is InChI=1S/C15H22N2O3S.ClH/c1-10(11(2)16)15(19)17-13-6-4-5-12(7-13)8-21-9-14(18)20-3;/h4-7,10-11H,8-9,16H2,1-3H3,(H,17,19);1H. The number of hydrogen-bond acceptors (Lipinski definition) is 5. The number of thioether (sulfide) groups is 1. The van der Waals surface area contributed by atoms with E-state index < -0.39 is 0 Å². The molecular formula is C15H23ClN2O3S. The van der Waals surface area contributed by atoms with Gasteiger partial charge in [-0.2, -0.15) is 0 Å². The predicted octanol–water partition coefficient (Wildman–Crippen LogP) is 2.44. The van der Waals surface area contributed by atoms with Gasteiger partial charge in [0, 0.05) is 17.5 Å². The van der Waals surface area contributed by atoms with Gasteiger partial charge in [-0.1, -0.05) is 19.1 Å². The molecule has 2 unspecified atom stereocenters. The van der Waals surface area contributed by atoms with Crippen molar-refractivity contribution in [2.45, 2.75) is 25.6 Å². The monoisotopic (exact) mass is 346 g/mol. The zero-order valence-corrected chi connectivity index (χ0v) is 14.6. The number of ether oxygens (including phenoxy) is 1. The highest BCUT2D eigenvalue weighted by molar-refractivity contribution is 7.99. The second kappa shape index (κ2) is 10.5. The van der Waals surface area contributed by atoms with Gasteiger partial charge < -0.3 is 15.8 Å². The summed E-state index contributed by atoms with van der Waals surface area (Å²) in [7, 11) is 1.37. The molecule has 3 N–H and O–H groups in total. The summed E-state index contributed by atoms with van der Waals surface area (Å²) in [6.07, 6.45) is 0. The predicted molar refractivity (Wildman–Crippen MR) is 93.3 cm³/mol. The average Bonchev–Trinajstić information content (AvgIpc) is 2.46. The maximum atomic E-state index is 11.9. The molecule has 124 valence electrons. The number of anilines is 1. The number of benzene rings is 1. The van der Waals surface area contributed by atoms with Crippen molar-refractivity contribution in [1.29, 1.82) is 0 Å². The molecule has 0 heterocycles. The van der Waals surface area contributed by atoms with Gasteiger partial charge >= 0.3 is 5.97 Å². The van der Waals surface area contributed by atoms with Crippen LogP contribution in [0.3, 0.4) is 0 Å². The summed E-state index contributed by atoms with van der Waals surface area (Å²) in [5.41, 5.74) is 7.50. The van der Waals surface area contributed by atoms with Crippen molar-refractivity contribution in [3.63, 3.8) is 0 Å². The van der Waals surface area contributed by atoms with E-state index in [-0.39, 0.29) is 36.2 Å². The van der Waals surface area contributed by atoms with Crippen molar-refractivity contribution in [3.05, 3.63) is 29.8 Å². The molecule has 1 aromatic carbocycles. The largest absolute Gasteiger partial charge is 0.468 e. The number of nitrogens with one attached hydrogen (secondary N) is 1. The molecule has 0 fully saturated rings. The second-order valence-corrected chi connectivity index (χ2v) is 5.89. The Kier molecular flexibility index (Phi) is 9.89. The van der Waals surface area contributed by atoms with E-state index in [0.29, 0.717) is 11.5 Å². The summed E-state index contributed by atoms with van der Waals surface area (Å²) < 4.78 is 4.58. The highest BCUT2D eigenvalue weighted by Crippen LogP contribution is 2.17. The molecule has 22 heavy (non-hydrogen) atoms. The van der Waals surface area contributed by atoms with Gasteiger partial charge in [-0.25, -0.2) is 0 Å². The van der Waals surface area contributed by atoms with E-state index in [0.717, 1.165) is 11.3 Å². The van der Waals surface area contributed by atoms with Gasteiger partial charge in [0.1, 0.15) is 0 Å². The minimum Gasteiger partial charge on any atom is -0.468 e. The average molecular weight is 347 g/mol. The van der Waals surface area contributed by atoms with Crippen LogP contribution in [-0.2, 0) is 20.1 Å². The minimum absolute atomic E-state index is 0. The van der Waals surface area contributed by atoms with Crippen LogP contribution in [0.5, 0.6) is 0 Å². The lowest BCUT2D eigenvalue weighted by Crippen LogP contribution is -2.34. The highest BCUT2D eigenvalue weighted by Gasteiger charge is 2.16. The molecule has 0 saturated carbocycles. The topological polar surface area (TPSA) is 81.4 Å². The highest BCUT2D eigenvalue weighted by atomic mass is 35.5. The second-order valence-electron chi connectivity index (χ2n) is 4.91. The number of carbonyl (C=O) groups is 2. The third-order valence-corrected chi connectivity index (χ3v) is 4.09. The molecule has 1 amide bonds. The van der Waals surface area contributed by atoms with Crippen LogP contribution in [0.25, 0.3) is 0 Å². The van der Waals surface area contributed by atoms with Gasteiger partial charge in [0.05, 0.1) is 18.8 Å². The molecule has 0 aromatic heterocycles. The Bertz CT molecular complexity index is 497. The lowest BCUT2D eigenvalue weighted by atomic mass is 10.0. The third-order valence-electron chi connectivity index (χ3n) is 3.11. The van der Waals surface area contributed by atoms with Gasteiger partial charge in [0.25, 0.3) is 0 Å². The molecule has 0 aliphatic carbocycles. The summed E-state index contributed by atoms with van der Waals surface area (Å²) >= 11 is 1.47. The molecule has 5 nitrogen and oxygen atoms in total. The SMILES string of the molecule is COC(=O)CSCc1cccc(NC(=O)C(C)C(C)N)c1.Cl. The van der Waals surface area contributed by atoms with Gasteiger partial charge in [-0.05, 0) is 24.6 Å². The van der Waals surface area contributed by atoms with Gasteiger partial charge in [-0.15, -0.1) is 24.2 Å². The van der Waals surface area contributed by atoms with Crippen LogP contribution in [-0.4, -0.2) is 30.8 Å². The molecule has 0 spiro atoms. The maximum absolute atomic E-state index is 11.9. The van der Waals surface area contributed by atoms with E-state index >= 15 is 0 Å². The van der Waals surface area contributed by atoms with E-state index in [2.05, 4.69) is 10.1 Å². The molecule has 0 radical (unpaired) electrons. The Morgan fingerprint density at radius 3 is 2.64 bits per heavy atom. The Balaban J connectivity index is 0.00000441. The Hall–Kier alpha value is -1.24. The number of carbonyl (C=O) groups excluding carboxylic acids is 2. The first kappa shape index (κ1) is 20.8. The molecule has 7 heteroatoms. The molecule has 0 bridgehead atoms. The number of nitrogens with two attached hydrogens (primary N) is 1. The first-order valence-corrected chi connectivity index (χ1v) is 7.89. The number of methoxy groups -OCH3 is 1. The van der Waals surface area contributed by atoms with E-state index in [1.165, 1.54) is 18.9 Å². The van der Waals surface area contributed by atoms with E-state index in [4.69, 9.17) is 5.73 Å². The van der Waals surface area contributed by atoms with Gasteiger partial charge in [0.15, 0.2) is 0 Å². The summed E-state index contributed by atoms with van der Waals surface area (Å²) in [6.45, 7) is 3.61. The summed E-state index contributed by atoms with van der Waals surface area (Å²) in [5.74, 6) is 0.415. The zero-order valence-electron chi connectivity index (χ0n) is 13.0. The minimum atomic E-state index is -0.248. The van der Waals surface area contributed by atoms with Crippen molar-refractivity contribution in [3.8, 4) is 0 Å². The van der Waals surface area contributed by atoms with E-state index in [1.54, 1.807) is 6.92 Å². The molecule has 0 aliphatic heterocycles. The summed E-state index contributed by atoms with van der Waals surface area (Å²) in [5, 5.41) is 2.85. The fourth-order valence-electron chi connectivity index (χ4n) is 1.54. The number of amides is 1. The fraction of sp³-hybridized carbons (Fsp3) is 0.467. The van der Waals surface area contributed by atoms with Crippen LogP contribution in [0.4, 0.5) is 5.69 Å². The van der Waals surface area contributed by atoms with E-state index in [9.17, 15) is 9.59 Å². The van der Waals surface area contributed by atoms with Crippen LogP contribution in [0.2, 0.25) is 0 Å². The Morgan fingerprint density at radius 1 is 1.36 bits per heavy atom. The van der Waals surface area contributed by atoms with Gasteiger partial charge in [0.2, 0.25) is 5.91 Å². The van der Waals surface area contributed by atoms with Crippen LogP contribution >= 0.6 is 24.2 Å². The van der Waals surface area contributed by atoms with Crippen LogP contribution in [0, 0.1) is 5.92 Å². The molecule has 0 saturated heterocycles. The lowest BCUT2D eigenvalue weighted by Gasteiger charge is -2.15. The van der Waals surface area contributed by atoms with Crippen molar-refractivity contribution in [1.82, 2.24) is 0 Å². The van der Waals surface area contributed by atoms with Crippen molar-refractivity contribution in [2.75, 3.05) is 18.2 Å². The normalized spacial score (nSPS) is 12.7. The van der Waals surface area contributed by atoms with Crippen LogP contribution in [0.1, 0.15) is 19.4 Å². The van der Waals surface area contributed by atoms with Crippen LogP contribution < -0.4 is 11.1 Å². The van der Waals surface area contributed by atoms with Crippen LogP contribution in [0.15, 0.2) is 24.3 Å². The number of hydrogen-bond donors (Lipinski definition) is 2. The van der Waals surface area contributed by atoms with Crippen molar-refractivity contribution >= 4 is 41.7 Å². The first-order valence-electron chi connectivity index (χ1n) is 6.74. The molecule has 0 aliphatic rings. The quantitative estimate of drug-likeness (QED) is 0.741. The lowest BCUT2D eigenvalue weighted by molar-refractivity contribution is -0.137. The zero-order chi connectivity index (χ0) is 15.8. The number of rotatable bonds is 7. The molecule has 1 aromatic rings. The molecule has 1 rings (SSSR count). The third kappa shape index (κ3) is 7.15. The van der Waals surface area contributed by atoms with Gasteiger partial charge in [-0.3, -0.25) is 9.59 Å². The van der Waals surface area contributed by atoms with Crippen molar-refractivity contribution in [2.24, 2.45) is 11.7 Å². The molecular weight excluding hydrogens is 324 g/mol. The maximum Gasteiger partial charge on any atom is 0.315 e. The number of esters is 1. The first-order chi connectivity index (χ1) is 9.93. The Labute approximate surface area is 141 Å². The number of halogens is 1. The van der Waals surface area contributed by atoms with Crippen molar-refractivity contribution < 1.29 is 14.3 Å². The molecule has 2 atom stereocenters. The fourth-order valence-corrected chi connectivity index (χ4v) is 2.35. The Morgan fingerprint density at radius 2 is 2.05 bits per heavy atom. The summed E-state index contributed by atoms with van der Waals surface area (Å²) in [6, 6.07) is 7.37. The smallest absolute Gasteiger partial charge is 0.315 e.